The first-order chi connectivity index (χ1) is 13.5. The number of carbonyl (C=O) groups excluding carboxylic acids is 2. The van der Waals surface area contributed by atoms with Gasteiger partial charge in [-0.15, -0.1) is 0 Å². The van der Waals surface area contributed by atoms with Crippen LogP contribution >= 0.6 is 0 Å². The molecule has 8 heteroatoms. The molecular formula is C20H23N3O5. The number of anilines is 1. The van der Waals surface area contributed by atoms with Gasteiger partial charge in [0.2, 0.25) is 5.91 Å². The summed E-state index contributed by atoms with van der Waals surface area (Å²) in [6.07, 6.45) is 1.88. The second-order valence-electron chi connectivity index (χ2n) is 6.15. The van der Waals surface area contributed by atoms with Crippen LogP contribution in [0.2, 0.25) is 0 Å². The first-order valence-electron chi connectivity index (χ1n) is 8.82. The number of nitrogens with one attached hydrogen (secondary N) is 1. The number of methoxy groups -OCH3 is 2. The van der Waals surface area contributed by atoms with Crippen molar-refractivity contribution in [3.05, 3.63) is 42.2 Å². The number of hydrogen-bond acceptors (Lipinski definition) is 5. The van der Waals surface area contributed by atoms with E-state index in [1.165, 1.54) is 7.11 Å². The fraction of sp³-hybridized carbons (Fsp3) is 0.300. The number of esters is 1. The van der Waals surface area contributed by atoms with Crippen molar-refractivity contribution in [2.45, 2.75) is 13.5 Å². The molecule has 28 heavy (non-hydrogen) atoms. The Kier molecular flexibility index (Phi) is 5.58. The summed E-state index contributed by atoms with van der Waals surface area (Å²) in [5.41, 5.74) is 2.47. The van der Waals surface area contributed by atoms with Gasteiger partial charge < -0.3 is 28.7 Å². The molecule has 148 valence electrons. The van der Waals surface area contributed by atoms with E-state index in [0.717, 1.165) is 11.0 Å². The van der Waals surface area contributed by atoms with Gasteiger partial charge in [-0.3, -0.25) is 4.79 Å². The first kappa shape index (κ1) is 19.3. The Hall–Kier alpha value is -3.42. The van der Waals surface area contributed by atoms with E-state index in [2.05, 4.69) is 5.32 Å². The minimum absolute atomic E-state index is 0.0448. The molecule has 0 saturated heterocycles. The highest BCUT2D eigenvalue weighted by atomic mass is 16.5. The largest absolute Gasteiger partial charge is 0.497 e. The topological polar surface area (TPSA) is 83.7 Å². The zero-order valence-corrected chi connectivity index (χ0v) is 16.3. The van der Waals surface area contributed by atoms with Crippen LogP contribution in [0.4, 0.5) is 5.69 Å². The maximum atomic E-state index is 12.7. The Balaban J connectivity index is 1.89. The molecule has 0 unspecified atom stereocenters. The van der Waals surface area contributed by atoms with E-state index < -0.39 is 5.97 Å². The van der Waals surface area contributed by atoms with Crippen LogP contribution in [0.5, 0.6) is 11.5 Å². The minimum Gasteiger partial charge on any atom is -0.497 e. The van der Waals surface area contributed by atoms with Crippen molar-refractivity contribution in [1.29, 1.82) is 0 Å². The van der Waals surface area contributed by atoms with E-state index in [-0.39, 0.29) is 19.1 Å². The van der Waals surface area contributed by atoms with Gasteiger partial charge >= 0.3 is 5.97 Å². The summed E-state index contributed by atoms with van der Waals surface area (Å²) in [6.45, 7) is 1.96. The molecule has 0 aliphatic rings. The van der Waals surface area contributed by atoms with Gasteiger partial charge in [0.25, 0.3) is 0 Å². The lowest BCUT2D eigenvalue weighted by Gasteiger charge is -2.13. The van der Waals surface area contributed by atoms with Crippen molar-refractivity contribution in [1.82, 2.24) is 9.13 Å². The number of amides is 1. The predicted molar refractivity (Wildman–Crippen MR) is 105 cm³/mol. The molecule has 0 bridgehead atoms. The molecule has 0 atom stereocenters. The summed E-state index contributed by atoms with van der Waals surface area (Å²) >= 11 is 0. The Morgan fingerprint density at radius 1 is 1.07 bits per heavy atom. The zero-order chi connectivity index (χ0) is 20.3. The number of ether oxygens (including phenoxy) is 3. The predicted octanol–water partition coefficient (Wildman–Crippen LogP) is 2.81. The maximum absolute atomic E-state index is 12.7. The Labute approximate surface area is 162 Å². The molecule has 0 saturated carbocycles. The van der Waals surface area contributed by atoms with Gasteiger partial charge in [0, 0.05) is 19.3 Å². The lowest BCUT2D eigenvalue weighted by atomic mass is 10.2. The molecule has 3 aromatic rings. The van der Waals surface area contributed by atoms with Gasteiger partial charge in [0.1, 0.15) is 23.7 Å². The van der Waals surface area contributed by atoms with Crippen LogP contribution in [0.25, 0.3) is 11.0 Å². The van der Waals surface area contributed by atoms with Crippen molar-refractivity contribution in [3.8, 4) is 11.5 Å². The Morgan fingerprint density at radius 3 is 2.54 bits per heavy atom. The Morgan fingerprint density at radius 2 is 1.86 bits per heavy atom. The maximum Gasteiger partial charge on any atom is 0.355 e. The summed E-state index contributed by atoms with van der Waals surface area (Å²) in [4.78, 5) is 25.0. The monoisotopic (exact) mass is 385 g/mol. The van der Waals surface area contributed by atoms with Crippen molar-refractivity contribution >= 4 is 28.6 Å². The summed E-state index contributed by atoms with van der Waals surface area (Å²) in [6, 6.07) is 8.71. The highest BCUT2D eigenvalue weighted by molar-refractivity contribution is 5.98. The van der Waals surface area contributed by atoms with Crippen molar-refractivity contribution in [2.75, 3.05) is 26.1 Å². The van der Waals surface area contributed by atoms with Crippen LogP contribution in [0.3, 0.4) is 0 Å². The van der Waals surface area contributed by atoms with Crippen LogP contribution in [0.15, 0.2) is 36.5 Å². The second-order valence-corrected chi connectivity index (χ2v) is 6.15. The molecule has 0 spiro atoms. The molecule has 0 fully saturated rings. The third kappa shape index (κ3) is 3.66. The fourth-order valence-electron chi connectivity index (χ4n) is 3.05. The number of fused-ring (bicyclic) bond motifs is 1. The molecule has 2 aromatic heterocycles. The highest BCUT2D eigenvalue weighted by Gasteiger charge is 2.20. The molecule has 0 aliphatic carbocycles. The molecule has 3 rings (SSSR count). The highest BCUT2D eigenvalue weighted by Crippen LogP contribution is 2.29. The van der Waals surface area contributed by atoms with Crippen molar-refractivity contribution < 1.29 is 23.8 Å². The van der Waals surface area contributed by atoms with E-state index >= 15 is 0 Å². The third-order valence-electron chi connectivity index (χ3n) is 4.42. The normalized spacial score (nSPS) is 10.7. The standard InChI is InChI=1S/C20H23N3O5/c1-5-28-20(25)17-11-16-15(8-9-22(16)2)23(17)12-19(24)21-14-7-6-13(26-3)10-18(14)27-4/h6-11H,5,12H2,1-4H3,(H,21,24). The third-order valence-corrected chi connectivity index (χ3v) is 4.42. The second kappa shape index (κ2) is 8.08. The molecular weight excluding hydrogens is 362 g/mol. The van der Waals surface area contributed by atoms with Crippen LogP contribution in [0, 0.1) is 0 Å². The quantitative estimate of drug-likeness (QED) is 0.633. The zero-order valence-electron chi connectivity index (χ0n) is 16.3. The van der Waals surface area contributed by atoms with Gasteiger partial charge in [0.05, 0.1) is 37.5 Å². The molecule has 0 radical (unpaired) electrons. The average molecular weight is 385 g/mol. The number of nitrogens with zero attached hydrogens (tertiary/aromatic N) is 2. The number of hydrogen-bond donors (Lipinski definition) is 1. The van der Waals surface area contributed by atoms with Crippen molar-refractivity contribution in [2.24, 2.45) is 7.05 Å². The van der Waals surface area contributed by atoms with E-state index in [0.29, 0.717) is 22.9 Å². The van der Waals surface area contributed by atoms with Gasteiger partial charge in [0.15, 0.2) is 0 Å². The molecule has 8 nitrogen and oxygen atoms in total. The first-order valence-corrected chi connectivity index (χ1v) is 8.82. The lowest BCUT2D eigenvalue weighted by Crippen LogP contribution is -2.22. The molecule has 1 amide bonds. The summed E-state index contributed by atoms with van der Waals surface area (Å²) in [5, 5.41) is 2.82. The van der Waals surface area contributed by atoms with E-state index in [1.807, 2.05) is 23.9 Å². The van der Waals surface area contributed by atoms with E-state index in [4.69, 9.17) is 14.2 Å². The Bertz CT molecular complexity index is 1020. The number of benzene rings is 1. The van der Waals surface area contributed by atoms with Gasteiger partial charge in [-0.25, -0.2) is 4.79 Å². The summed E-state index contributed by atoms with van der Waals surface area (Å²) in [5.74, 6) is 0.343. The van der Waals surface area contributed by atoms with Crippen LogP contribution in [-0.4, -0.2) is 41.8 Å². The molecule has 0 aliphatic heterocycles. The van der Waals surface area contributed by atoms with E-state index in [9.17, 15) is 9.59 Å². The number of aryl methyl sites for hydroxylation is 1. The van der Waals surface area contributed by atoms with Gasteiger partial charge in [-0.1, -0.05) is 0 Å². The SMILES string of the molecule is CCOC(=O)c1cc2c(ccn2C)n1CC(=O)Nc1ccc(OC)cc1OC. The van der Waals surface area contributed by atoms with Gasteiger partial charge in [-0.2, -0.15) is 0 Å². The summed E-state index contributed by atoms with van der Waals surface area (Å²) < 4.78 is 19.2. The van der Waals surface area contributed by atoms with E-state index in [1.54, 1.807) is 42.9 Å². The van der Waals surface area contributed by atoms with Crippen LogP contribution < -0.4 is 14.8 Å². The fourth-order valence-corrected chi connectivity index (χ4v) is 3.05. The molecule has 2 heterocycles. The molecule has 1 aromatic carbocycles. The summed E-state index contributed by atoms with van der Waals surface area (Å²) in [7, 11) is 4.95. The average Bonchev–Trinajstić information content (AvgIpc) is 3.22. The smallest absolute Gasteiger partial charge is 0.355 e. The van der Waals surface area contributed by atoms with Crippen LogP contribution in [0.1, 0.15) is 17.4 Å². The minimum atomic E-state index is -0.464. The number of carbonyl (C=O) groups is 2. The number of rotatable bonds is 7. The lowest BCUT2D eigenvalue weighted by molar-refractivity contribution is -0.116. The number of aromatic nitrogens is 2. The van der Waals surface area contributed by atoms with Gasteiger partial charge in [-0.05, 0) is 31.2 Å². The van der Waals surface area contributed by atoms with Crippen molar-refractivity contribution in [3.63, 3.8) is 0 Å². The molecule has 1 N–H and O–H groups in total. The van der Waals surface area contributed by atoms with Crippen LogP contribution in [-0.2, 0) is 23.1 Å².